The van der Waals surface area contributed by atoms with Crippen molar-refractivity contribution in [1.29, 1.82) is 0 Å². The van der Waals surface area contributed by atoms with Gasteiger partial charge < -0.3 is 14.2 Å². The van der Waals surface area contributed by atoms with Crippen LogP contribution in [-0.2, 0) is 9.53 Å². The lowest BCUT2D eigenvalue weighted by Gasteiger charge is -2.07. The average molecular weight is 332 g/mol. The number of carbonyl (C=O) groups excluding carboxylic acids is 1. The highest BCUT2D eigenvalue weighted by Gasteiger charge is 2.32. The Balaban J connectivity index is 2.00. The molecule has 0 unspecified atom stereocenters. The van der Waals surface area contributed by atoms with Crippen molar-refractivity contribution in [2.45, 2.75) is 6.04 Å². The summed E-state index contributed by atoms with van der Waals surface area (Å²) in [6, 6.07) is 11.5. The Morgan fingerprint density at radius 1 is 1.09 bits per heavy atom. The molecule has 0 amide bonds. The molecule has 0 saturated carbocycles. The van der Waals surface area contributed by atoms with Gasteiger partial charge in [0.25, 0.3) is 0 Å². The number of aliphatic imine (C=N–C) groups is 1. The van der Waals surface area contributed by atoms with Gasteiger partial charge in [-0.3, -0.25) is 0 Å². The minimum absolute atomic E-state index is 0.220. The highest BCUT2D eigenvalue weighted by molar-refractivity contribution is 6.31. The van der Waals surface area contributed by atoms with Crippen LogP contribution in [0.4, 0.5) is 0 Å². The summed E-state index contributed by atoms with van der Waals surface area (Å²) in [5.74, 6) is 0.922. The van der Waals surface area contributed by atoms with Crippen LogP contribution >= 0.6 is 11.6 Å². The van der Waals surface area contributed by atoms with Gasteiger partial charge in [-0.05, 0) is 18.2 Å². The first kappa shape index (κ1) is 15.4. The predicted molar refractivity (Wildman–Crippen MR) is 86.4 cm³/mol. The SMILES string of the molecule is COc1cc(OC)cc(C2=N[C@H](c3ccccc3Cl)C(=O)O2)c1. The first-order valence-corrected chi connectivity index (χ1v) is 7.27. The predicted octanol–water partition coefficient (Wildman–Crippen LogP) is 3.40. The highest BCUT2D eigenvalue weighted by atomic mass is 35.5. The molecule has 0 aromatic heterocycles. The Morgan fingerprint density at radius 2 is 1.74 bits per heavy atom. The summed E-state index contributed by atoms with van der Waals surface area (Å²) < 4.78 is 15.7. The summed E-state index contributed by atoms with van der Waals surface area (Å²) in [5.41, 5.74) is 1.22. The third kappa shape index (κ3) is 3.00. The summed E-state index contributed by atoms with van der Waals surface area (Å²) in [6.45, 7) is 0. The first-order chi connectivity index (χ1) is 11.1. The zero-order valence-electron chi connectivity index (χ0n) is 12.6. The number of cyclic esters (lactones) is 1. The fourth-order valence-electron chi connectivity index (χ4n) is 2.31. The summed E-state index contributed by atoms with van der Waals surface area (Å²) in [4.78, 5) is 16.5. The lowest BCUT2D eigenvalue weighted by molar-refractivity contribution is -0.135. The number of carbonyl (C=O) groups is 1. The fourth-order valence-corrected chi connectivity index (χ4v) is 2.54. The fraction of sp³-hybridized carbons (Fsp3) is 0.176. The molecule has 23 heavy (non-hydrogen) atoms. The van der Waals surface area contributed by atoms with Crippen molar-refractivity contribution < 1.29 is 19.0 Å². The zero-order valence-corrected chi connectivity index (χ0v) is 13.3. The third-order valence-corrected chi connectivity index (χ3v) is 3.81. The van der Waals surface area contributed by atoms with E-state index in [0.717, 1.165) is 0 Å². The molecule has 2 aromatic carbocycles. The Kier molecular flexibility index (Phi) is 4.21. The summed E-state index contributed by atoms with van der Waals surface area (Å²) in [7, 11) is 3.10. The smallest absolute Gasteiger partial charge is 0.342 e. The highest BCUT2D eigenvalue weighted by Crippen LogP contribution is 2.32. The Hall–Kier alpha value is -2.53. The molecule has 1 aliphatic heterocycles. The molecule has 1 heterocycles. The van der Waals surface area contributed by atoms with Crippen molar-refractivity contribution in [1.82, 2.24) is 0 Å². The Bertz CT molecular complexity index is 766. The van der Waals surface area contributed by atoms with Crippen LogP contribution in [0.3, 0.4) is 0 Å². The molecular formula is C17H14ClNO4. The van der Waals surface area contributed by atoms with E-state index in [1.165, 1.54) is 0 Å². The van der Waals surface area contributed by atoms with Gasteiger partial charge in [0.05, 0.1) is 14.2 Å². The number of halogens is 1. The molecule has 0 radical (unpaired) electrons. The van der Waals surface area contributed by atoms with E-state index in [2.05, 4.69) is 4.99 Å². The van der Waals surface area contributed by atoms with Crippen LogP contribution in [0.2, 0.25) is 5.02 Å². The second-order valence-corrected chi connectivity index (χ2v) is 5.29. The van der Waals surface area contributed by atoms with Crippen LogP contribution < -0.4 is 9.47 Å². The minimum Gasteiger partial charge on any atom is -0.497 e. The number of ether oxygens (including phenoxy) is 3. The maximum absolute atomic E-state index is 12.2. The quantitative estimate of drug-likeness (QED) is 0.806. The number of hydrogen-bond donors (Lipinski definition) is 0. The van der Waals surface area contributed by atoms with E-state index < -0.39 is 12.0 Å². The number of methoxy groups -OCH3 is 2. The van der Waals surface area contributed by atoms with Gasteiger partial charge in [-0.25, -0.2) is 9.79 Å². The topological polar surface area (TPSA) is 57.1 Å². The largest absolute Gasteiger partial charge is 0.497 e. The van der Waals surface area contributed by atoms with Crippen LogP contribution in [0.1, 0.15) is 17.2 Å². The molecular weight excluding hydrogens is 318 g/mol. The van der Waals surface area contributed by atoms with Crippen molar-refractivity contribution in [2.24, 2.45) is 4.99 Å². The summed E-state index contributed by atoms with van der Waals surface area (Å²) >= 11 is 6.14. The molecule has 5 nitrogen and oxygen atoms in total. The third-order valence-electron chi connectivity index (χ3n) is 3.47. The number of rotatable bonds is 4. The van der Waals surface area contributed by atoms with E-state index in [1.54, 1.807) is 56.7 Å². The van der Waals surface area contributed by atoms with Gasteiger partial charge in [-0.15, -0.1) is 0 Å². The van der Waals surface area contributed by atoms with Gasteiger partial charge in [0.15, 0.2) is 6.04 Å². The van der Waals surface area contributed by atoms with E-state index in [9.17, 15) is 4.79 Å². The molecule has 0 fully saturated rings. The van der Waals surface area contributed by atoms with Crippen molar-refractivity contribution in [2.75, 3.05) is 14.2 Å². The zero-order chi connectivity index (χ0) is 16.4. The molecule has 6 heteroatoms. The molecule has 1 aliphatic rings. The van der Waals surface area contributed by atoms with Crippen molar-refractivity contribution in [3.05, 3.63) is 58.6 Å². The molecule has 2 aromatic rings. The molecule has 3 rings (SSSR count). The lowest BCUT2D eigenvalue weighted by atomic mass is 10.1. The van der Waals surface area contributed by atoms with Gasteiger partial charge in [0.2, 0.25) is 5.90 Å². The van der Waals surface area contributed by atoms with E-state index in [1.807, 2.05) is 0 Å². The Morgan fingerprint density at radius 3 is 2.35 bits per heavy atom. The molecule has 1 atom stereocenters. The molecule has 0 N–H and O–H groups in total. The molecule has 0 saturated heterocycles. The van der Waals surface area contributed by atoms with E-state index in [-0.39, 0.29) is 5.90 Å². The monoisotopic (exact) mass is 331 g/mol. The lowest BCUT2D eigenvalue weighted by Crippen LogP contribution is -2.09. The standard InChI is InChI=1S/C17H14ClNO4/c1-21-11-7-10(8-12(9-11)22-2)16-19-15(17(20)23-16)13-5-3-4-6-14(13)18/h3-9,15H,1-2H3/t15-/m1/s1. The van der Waals surface area contributed by atoms with Crippen LogP contribution in [0.5, 0.6) is 11.5 Å². The van der Waals surface area contributed by atoms with Crippen molar-refractivity contribution in [3.8, 4) is 11.5 Å². The number of benzene rings is 2. The normalized spacial score (nSPS) is 16.7. The van der Waals surface area contributed by atoms with E-state index in [0.29, 0.717) is 27.6 Å². The number of nitrogens with zero attached hydrogens (tertiary/aromatic N) is 1. The molecule has 118 valence electrons. The van der Waals surface area contributed by atoms with Crippen LogP contribution in [0, 0.1) is 0 Å². The van der Waals surface area contributed by atoms with Gasteiger partial charge in [-0.2, -0.15) is 0 Å². The Labute approximate surface area is 138 Å². The molecule has 0 bridgehead atoms. The molecule has 0 spiro atoms. The maximum atomic E-state index is 12.2. The van der Waals surface area contributed by atoms with E-state index >= 15 is 0 Å². The second-order valence-electron chi connectivity index (χ2n) is 4.88. The average Bonchev–Trinajstić information content (AvgIpc) is 2.96. The molecule has 0 aliphatic carbocycles. The number of hydrogen-bond acceptors (Lipinski definition) is 5. The van der Waals surface area contributed by atoms with Crippen LogP contribution in [-0.4, -0.2) is 26.1 Å². The maximum Gasteiger partial charge on any atom is 0.342 e. The first-order valence-electron chi connectivity index (χ1n) is 6.89. The van der Waals surface area contributed by atoms with Crippen molar-refractivity contribution >= 4 is 23.5 Å². The van der Waals surface area contributed by atoms with Crippen LogP contribution in [0.15, 0.2) is 47.5 Å². The van der Waals surface area contributed by atoms with Crippen molar-refractivity contribution in [3.63, 3.8) is 0 Å². The van der Waals surface area contributed by atoms with Gasteiger partial charge in [0.1, 0.15) is 11.5 Å². The second kappa shape index (κ2) is 6.30. The number of esters is 1. The summed E-state index contributed by atoms with van der Waals surface area (Å²) in [5, 5.41) is 0.475. The van der Waals surface area contributed by atoms with Crippen LogP contribution in [0.25, 0.3) is 0 Å². The van der Waals surface area contributed by atoms with Gasteiger partial charge >= 0.3 is 5.97 Å². The minimum atomic E-state index is -0.768. The van der Waals surface area contributed by atoms with E-state index in [4.69, 9.17) is 25.8 Å². The van der Waals surface area contributed by atoms with Gasteiger partial charge in [-0.1, -0.05) is 29.8 Å². The van der Waals surface area contributed by atoms with Gasteiger partial charge in [0, 0.05) is 22.2 Å². The summed E-state index contributed by atoms with van der Waals surface area (Å²) in [6.07, 6.45) is 0.